The number of amides is 1. The normalized spacial score (nSPS) is 13.1. The SMILES string of the molecule is C[C@@H](Nc1cccc(S(=O)(=O)NC(C)(C)C)c1)C(=O)Nc1ccc2ccccc2c1. The lowest BCUT2D eigenvalue weighted by Gasteiger charge is -2.21. The number of carbonyl (C=O) groups excluding carboxylic acids is 1. The van der Waals surface area contributed by atoms with Gasteiger partial charge in [0.05, 0.1) is 4.90 Å². The Morgan fingerprint density at radius 3 is 2.27 bits per heavy atom. The molecule has 1 amide bonds. The summed E-state index contributed by atoms with van der Waals surface area (Å²) in [4.78, 5) is 12.8. The molecule has 0 saturated carbocycles. The van der Waals surface area contributed by atoms with E-state index in [1.165, 1.54) is 12.1 Å². The third kappa shape index (κ3) is 5.58. The molecule has 0 unspecified atom stereocenters. The summed E-state index contributed by atoms with van der Waals surface area (Å²) in [6.45, 7) is 7.08. The molecule has 6 nitrogen and oxygen atoms in total. The number of fused-ring (bicyclic) bond motifs is 1. The van der Waals surface area contributed by atoms with Gasteiger partial charge in [-0.25, -0.2) is 13.1 Å². The fraction of sp³-hybridized carbons (Fsp3) is 0.261. The van der Waals surface area contributed by atoms with Gasteiger partial charge < -0.3 is 10.6 Å². The number of carbonyl (C=O) groups is 1. The molecule has 0 aliphatic heterocycles. The first-order chi connectivity index (χ1) is 14.0. The van der Waals surface area contributed by atoms with Gasteiger partial charge in [0.2, 0.25) is 15.9 Å². The summed E-state index contributed by atoms with van der Waals surface area (Å²) in [5, 5.41) is 8.11. The van der Waals surface area contributed by atoms with Crippen LogP contribution in [0.15, 0.2) is 71.6 Å². The third-order valence-electron chi connectivity index (χ3n) is 4.38. The zero-order valence-corrected chi connectivity index (χ0v) is 18.4. The Bertz CT molecular complexity index is 1170. The Labute approximate surface area is 177 Å². The van der Waals surface area contributed by atoms with Crippen LogP contribution >= 0.6 is 0 Å². The van der Waals surface area contributed by atoms with Gasteiger partial charge in [0.25, 0.3) is 0 Å². The Balaban J connectivity index is 1.70. The molecule has 3 aromatic carbocycles. The van der Waals surface area contributed by atoms with Crippen LogP contribution in [0.2, 0.25) is 0 Å². The highest BCUT2D eigenvalue weighted by Gasteiger charge is 2.22. The summed E-state index contributed by atoms with van der Waals surface area (Å²) < 4.78 is 27.7. The van der Waals surface area contributed by atoms with Crippen molar-refractivity contribution < 1.29 is 13.2 Å². The van der Waals surface area contributed by atoms with Crippen molar-refractivity contribution in [2.24, 2.45) is 0 Å². The van der Waals surface area contributed by atoms with Crippen molar-refractivity contribution in [2.45, 2.75) is 44.2 Å². The topological polar surface area (TPSA) is 87.3 Å². The first-order valence-electron chi connectivity index (χ1n) is 9.74. The van der Waals surface area contributed by atoms with Gasteiger partial charge in [0.15, 0.2) is 0 Å². The van der Waals surface area contributed by atoms with Crippen LogP contribution in [-0.4, -0.2) is 25.9 Å². The molecule has 30 heavy (non-hydrogen) atoms. The lowest BCUT2D eigenvalue weighted by atomic mass is 10.1. The lowest BCUT2D eigenvalue weighted by molar-refractivity contribution is -0.116. The molecule has 3 aromatic rings. The van der Waals surface area contributed by atoms with Crippen LogP contribution in [0.3, 0.4) is 0 Å². The van der Waals surface area contributed by atoms with Crippen molar-refractivity contribution in [3.63, 3.8) is 0 Å². The maximum absolute atomic E-state index is 12.6. The maximum Gasteiger partial charge on any atom is 0.246 e. The van der Waals surface area contributed by atoms with E-state index in [9.17, 15) is 13.2 Å². The van der Waals surface area contributed by atoms with Crippen molar-refractivity contribution in [3.8, 4) is 0 Å². The van der Waals surface area contributed by atoms with Crippen molar-refractivity contribution >= 4 is 38.1 Å². The first-order valence-corrected chi connectivity index (χ1v) is 11.2. The van der Waals surface area contributed by atoms with E-state index in [2.05, 4.69) is 15.4 Å². The summed E-state index contributed by atoms with van der Waals surface area (Å²) in [6, 6.07) is 19.5. The van der Waals surface area contributed by atoms with E-state index in [-0.39, 0.29) is 10.8 Å². The Morgan fingerprint density at radius 2 is 1.57 bits per heavy atom. The predicted octanol–water partition coefficient (Wildman–Crippen LogP) is 4.36. The molecule has 0 radical (unpaired) electrons. The first kappa shape index (κ1) is 21.8. The number of sulfonamides is 1. The van der Waals surface area contributed by atoms with E-state index < -0.39 is 21.6 Å². The van der Waals surface area contributed by atoms with Crippen LogP contribution in [-0.2, 0) is 14.8 Å². The highest BCUT2D eigenvalue weighted by molar-refractivity contribution is 7.89. The van der Waals surface area contributed by atoms with Crippen molar-refractivity contribution in [1.82, 2.24) is 4.72 Å². The Morgan fingerprint density at radius 1 is 0.867 bits per heavy atom. The fourth-order valence-electron chi connectivity index (χ4n) is 3.05. The van der Waals surface area contributed by atoms with Crippen molar-refractivity contribution in [1.29, 1.82) is 0 Å². The summed E-state index contributed by atoms with van der Waals surface area (Å²) in [5.41, 5.74) is 0.668. The smallest absolute Gasteiger partial charge is 0.246 e. The van der Waals surface area contributed by atoms with E-state index in [4.69, 9.17) is 0 Å². The van der Waals surface area contributed by atoms with Crippen LogP contribution in [0, 0.1) is 0 Å². The number of rotatable bonds is 6. The van der Waals surface area contributed by atoms with Gasteiger partial charge >= 0.3 is 0 Å². The van der Waals surface area contributed by atoms with E-state index in [0.717, 1.165) is 10.8 Å². The van der Waals surface area contributed by atoms with Crippen molar-refractivity contribution in [2.75, 3.05) is 10.6 Å². The molecular formula is C23H27N3O3S. The lowest BCUT2D eigenvalue weighted by Crippen LogP contribution is -2.40. The van der Waals surface area contributed by atoms with Crippen LogP contribution in [0.1, 0.15) is 27.7 Å². The Hall–Kier alpha value is -2.90. The standard InChI is InChI=1S/C23H27N3O3S/c1-16(22(27)25-20-13-12-17-8-5-6-9-18(17)14-20)24-19-10-7-11-21(15-19)30(28,29)26-23(2,3)4/h5-16,24,26H,1-4H3,(H,25,27)/t16-/m1/s1. The molecule has 0 heterocycles. The highest BCUT2D eigenvalue weighted by atomic mass is 32.2. The number of hydrogen-bond acceptors (Lipinski definition) is 4. The quantitative estimate of drug-likeness (QED) is 0.548. The van der Waals surface area contributed by atoms with E-state index >= 15 is 0 Å². The average molecular weight is 426 g/mol. The van der Waals surface area contributed by atoms with Gasteiger partial charge in [0.1, 0.15) is 6.04 Å². The number of benzene rings is 3. The number of anilines is 2. The second-order valence-corrected chi connectivity index (χ2v) is 9.98. The minimum Gasteiger partial charge on any atom is -0.374 e. The van der Waals surface area contributed by atoms with Crippen LogP contribution in [0.5, 0.6) is 0 Å². The summed E-state index contributed by atoms with van der Waals surface area (Å²) in [6.07, 6.45) is 0. The molecule has 0 aliphatic rings. The molecule has 7 heteroatoms. The summed E-state index contributed by atoms with van der Waals surface area (Å²) in [5.74, 6) is -0.216. The average Bonchev–Trinajstić information content (AvgIpc) is 2.66. The van der Waals surface area contributed by atoms with Gasteiger partial charge in [-0.15, -0.1) is 0 Å². The zero-order valence-electron chi connectivity index (χ0n) is 17.6. The van der Waals surface area contributed by atoms with Crippen LogP contribution in [0.4, 0.5) is 11.4 Å². The minimum absolute atomic E-state index is 0.143. The fourth-order valence-corrected chi connectivity index (χ4v) is 4.51. The summed E-state index contributed by atoms with van der Waals surface area (Å²) >= 11 is 0. The van der Waals surface area contributed by atoms with Gasteiger partial charge in [-0.05, 0) is 68.8 Å². The van der Waals surface area contributed by atoms with E-state index in [0.29, 0.717) is 11.4 Å². The monoisotopic (exact) mass is 425 g/mol. The molecule has 0 bridgehead atoms. The molecule has 158 valence electrons. The third-order valence-corrected chi connectivity index (χ3v) is 6.13. The van der Waals surface area contributed by atoms with Gasteiger partial charge in [-0.3, -0.25) is 4.79 Å². The minimum atomic E-state index is -3.66. The molecule has 0 saturated heterocycles. The van der Waals surface area contributed by atoms with Gasteiger partial charge in [-0.1, -0.05) is 36.4 Å². The van der Waals surface area contributed by atoms with Crippen LogP contribution in [0.25, 0.3) is 10.8 Å². The van der Waals surface area contributed by atoms with Crippen LogP contribution < -0.4 is 15.4 Å². The maximum atomic E-state index is 12.6. The molecule has 0 fully saturated rings. The highest BCUT2D eigenvalue weighted by Crippen LogP contribution is 2.20. The molecule has 0 aromatic heterocycles. The number of nitrogens with one attached hydrogen (secondary N) is 3. The van der Waals surface area contributed by atoms with Gasteiger partial charge in [-0.2, -0.15) is 0 Å². The number of hydrogen-bond donors (Lipinski definition) is 3. The van der Waals surface area contributed by atoms with E-state index in [1.807, 2.05) is 42.5 Å². The molecule has 0 aliphatic carbocycles. The largest absolute Gasteiger partial charge is 0.374 e. The second-order valence-electron chi connectivity index (χ2n) is 8.30. The Kier molecular flexibility index (Phi) is 6.14. The molecule has 1 atom stereocenters. The van der Waals surface area contributed by atoms with Crippen molar-refractivity contribution in [3.05, 3.63) is 66.7 Å². The molecule has 3 N–H and O–H groups in total. The summed E-state index contributed by atoms with van der Waals surface area (Å²) in [7, 11) is -3.66. The zero-order chi connectivity index (χ0) is 21.9. The molecule has 3 rings (SSSR count). The predicted molar refractivity (Wildman–Crippen MR) is 122 cm³/mol. The van der Waals surface area contributed by atoms with Gasteiger partial charge in [0, 0.05) is 16.9 Å². The second kappa shape index (κ2) is 8.45. The molecular weight excluding hydrogens is 398 g/mol. The van der Waals surface area contributed by atoms with E-state index in [1.54, 1.807) is 39.8 Å². The molecule has 0 spiro atoms.